The smallest absolute Gasteiger partial charge is 0.319 e. The predicted molar refractivity (Wildman–Crippen MR) is 67.0 cm³/mol. The molecule has 0 aromatic carbocycles. The first-order valence-corrected chi connectivity index (χ1v) is 7.44. The van der Waals surface area contributed by atoms with Gasteiger partial charge in [-0.3, -0.25) is 9.59 Å². The van der Waals surface area contributed by atoms with Crippen molar-refractivity contribution in [2.75, 3.05) is 19.3 Å². The number of likely N-dealkylation sites (tertiary alicyclic amines) is 1. The van der Waals surface area contributed by atoms with E-state index in [1.54, 1.807) is 16.7 Å². The van der Waals surface area contributed by atoms with Gasteiger partial charge >= 0.3 is 5.97 Å². The van der Waals surface area contributed by atoms with Crippen molar-refractivity contribution in [1.82, 2.24) is 4.90 Å². The summed E-state index contributed by atoms with van der Waals surface area (Å²) in [6, 6.07) is 0. The summed E-state index contributed by atoms with van der Waals surface area (Å²) in [4.78, 5) is 25.2. The van der Waals surface area contributed by atoms with Gasteiger partial charge in [0.15, 0.2) is 0 Å². The molecule has 17 heavy (non-hydrogen) atoms. The first-order valence-electron chi connectivity index (χ1n) is 6.16. The Morgan fingerprint density at radius 1 is 1.35 bits per heavy atom. The molecule has 0 aromatic heterocycles. The van der Waals surface area contributed by atoms with Gasteiger partial charge in [0.1, 0.15) is 5.41 Å². The van der Waals surface area contributed by atoms with Crippen molar-refractivity contribution in [2.24, 2.45) is 5.41 Å². The monoisotopic (exact) mass is 257 g/mol. The molecule has 2 aliphatic rings. The zero-order chi connectivity index (χ0) is 12.5. The van der Waals surface area contributed by atoms with E-state index in [0.29, 0.717) is 18.1 Å². The van der Waals surface area contributed by atoms with Gasteiger partial charge in [-0.25, -0.2) is 0 Å². The van der Waals surface area contributed by atoms with Crippen molar-refractivity contribution in [3.63, 3.8) is 0 Å². The second kappa shape index (κ2) is 4.88. The Labute approximate surface area is 106 Å². The van der Waals surface area contributed by atoms with Gasteiger partial charge in [-0.05, 0) is 31.9 Å². The van der Waals surface area contributed by atoms with E-state index < -0.39 is 11.4 Å². The average molecular weight is 257 g/mol. The number of carbonyl (C=O) groups is 2. The number of carbonyl (C=O) groups excluding carboxylic acids is 1. The number of thioether (sulfide) groups is 1. The van der Waals surface area contributed by atoms with Crippen LogP contribution in [0.1, 0.15) is 32.1 Å². The summed E-state index contributed by atoms with van der Waals surface area (Å²) in [6.45, 7) is 1.44. The van der Waals surface area contributed by atoms with E-state index in [1.807, 2.05) is 0 Å². The van der Waals surface area contributed by atoms with E-state index in [4.69, 9.17) is 5.11 Å². The Balaban J connectivity index is 2.05. The number of carboxylic acids is 1. The number of nitrogens with zero attached hydrogens (tertiary/aromatic N) is 1. The van der Waals surface area contributed by atoms with Crippen LogP contribution in [0.4, 0.5) is 0 Å². The van der Waals surface area contributed by atoms with Gasteiger partial charge in [0, 0.05) is 18.3 Å². The molecule has 5 heteroatoms. The minimum absolute atomic E-state index is 0.147. The molecule has 1 saturated carbocycles. The van der Waals surface area contributed by atoms with E-state index in [0.717, 1.165) is 32.4 Å². The molecule has 0 radical (unpaired) electrons. The van der Waals surface area contributed by atoms with Crippen molar-refractivity contribution >= 4 is 23.6 Å². The molecule has 1 heterocycles. The molecule has 0 bridgehead atoms. The summed E-state index contributed by atoms with van der Waals surface area (Å²) >= 11 is 1.78. The second-order valence-electron chi connectivity index (χ2n) is 4.99. The van der Waals surface area contributed by atoms with Crippen LogP contribution in [0.2, 0.25) is 0 Å². The minimum atomic E-state index is -1.06. The van der Waals surface area contributed by atoms with Gasteiger partial charge in [-0.2, -0.15) is 11.8 Å². The fraction of sp³-hybridized carbons (Fsp3) is 0.833. The van der Waals surface area contributed by atoms with E-state index >= 15 is 0 Å². The highest BCUT2D eigenvalue weighted by Crippen LogP contribution is 2.47. The third-order valence-corrected chi connectivity index (χ3v) is 4.87. The summed E-state index contributed by atoms with van der Waals surface area (Å²) in [5.41, 5.74) is -1.06. The maximum Gasteiger partial charge on any atom is 0.319 e. The SMILES string of the molecule is CSC1CCCCN(C(=O)C2(C(=O)O)CC2)C1. The van der Waals surface area contributed by atoms with Crippen LogP contribution in [0, 0.1) is 5.41 Å². The Kier molecular flexibility index (Phi) is 3.66. The van der Waals surface area contributed by atoms with Crippen molar-refractivity contribution in [3.05, 3.63) is 0 Å². The second-order valence-corrected chi connectivity index (χ2v) is 6.13. The minimum Gasteiger partial charge on any atom is -0.480 e. The fourth-order valence-electron chi connectivity index (χ4n) is 2.43. The largest absolute Gasteiger partial charge is 0.480 e. The molecule has 0 spiro atoms. The van der Waals surface area contributed by atoms with E-state index in [-0.39, 0.29) is 5.91 Å². The van der Waals surface area contributed by atoms with Crippen molar-refractivity contribution in [3.8, 4) is 0 Å². The predicted octanol–water partition coefficient (Wildman–Crippen LogP) is 1.60. The number of carboxylic acid groups (broad SMARTS) is 1. The maximum atomic E-state index is 12.3. The van der Waals surface area contributed by atoms with Gasteiger partial charge in [0.05, 0.1) is 0 Å². The summed E-state index contributed by atoms with van der Waals surface area (Å²) in [6.07, 6.45) is 6.35. The average Bonchev–Trinajstić information content (AvgIpc) is 3.12. The molecule has 1 aliphatic carbocycles. The lowest BCUT2D eigenvalue weighted by Crippen LogP contribution is -2.43. The molecule has 4 nitrogen and oxygen atoms in total. The van der Waals surface area contributed by atoms with Crippen molar-refractivity contribution < 1.29 is 14.7 Å². The standard InChI is InChI=1S/C12H19NO3S/c1-17-9-4-2-3-7-13(8-9)10(14)12(5-6-12)11(15)16/h9H,2-8H2,1H3,(H,15,16). The number of hydrogen-bond donors (Lipinski definition) is 1. The number of amides is 1. The molecule has 1 unspecified atom stereocenters. The van der Waals surface area contributed by atoms with Gasteiger partial charge in [-0.1, -0.05) is 6.42 Å². The molecular weight excluding hydrogens is 238 g/mol. The molecule has 1 N–H and O–H groups in total. The molecule has 96 valence electrons. The van der Waals surface area contributed by atoms with Crippen LogP contribution >= 0.6 is 11.8 Å². The summed E-state index contributed by atoms with van der Waals surface area (Å²) in [7, 11) is 0. The van der Waals surface area contributed by atoms with Crippen LogP contribution in [0.25, 0.3) is 0 Å². The highest BCUT2D eigenvalue weighted by atomic mass is 32.2. The van der Waals surface area contributed by atoms with Gasteiger partial charge in [-0.15, -0.1) is 0 Å². The van der Waals surface area contributed by atoms with Crippen molar-refractivity contribution in [1.29, 1.82) is 0 Å². The molecule has 1 saturated heterocycles. The van der Waals surface area contributed by atoms with Gasteiger partial charge < -0.3 is 10.0 Å². The van der Waals surface area contributed by atoms with Crippen LogP contribution in [0.15, 0.2) is 0 Å². The van der Waals surface area contributed by atoms with Crippen LogP contribution < -0.4 is 0 Å². The molecule has 0 aromatic rings. The topological polar surface area (TPSA) is 57.6 Å². The summed E-state index contributed by atoms with van der Waals surface area (Å²) in [5.74, 6) is -1.08. The Morgan fingerprint density at radius 3 is 2.59 bits per heavy atom. The van der Waals surface area contributed by atoms with Crippen LogP contribution in [0.3, 0.4) is 0 Å². The number of aliphatic carboxylic acids is 1. The molecule has 2 fully saturated rings. The Bertz CT molecular complexity index is 328. The number of rotatable bonds is 3. The quantitative estimate of drug-likeness (QED) is 0.780. The first kappa shape index (κ1) is 12.7. The van der Waals surface area contributed by atoms with Crippen molar-refractivity contribution in [2.45, 2.75) is 37.4 Å². The highest BCUT2D eigenvalue weighted by molar-refractivity contribution is 7.99. The fourth-order valence-corrected chi connectivity index (χ4v) is 3.16. The zero-order valence-electron chi connectivity index (χ0n) is 10.1. The van der Waals surface area contributed by atoms with Gasteiger partial charge in [0.25, 0.3) is 0 Å². The van der Waals surface area contributed by atoms with Gasteiger partial charge in [0.2, 0.25) is 5.91 Å². The lowest BCUT2D eigenvalue weighted by Gasteiger charge is -2.26. The van der Waals surface area contributed by atoms with Crippen LogP contribution in [-0.2, 0) is 9.59 Å². The lowest BCUT2D eigenvalue weighted by molar-refractivity contribution is -0.153. The third kappa shape index (κ3) is 2.44. The normalized spacial score (nSPS) is 27.4. The molecule has 1 atom stereocenters. The summed E-state index contributed by atoms with van der Waals surface area (Å²) in [5, 5.41) is 9.61. The third-order valence-electron chi connectivity index (χ3n) is 3.82. The first-order chi connectivity index (χ1) is 8.10. The number of hydrogen-bond acceptors (Lipinski definition) is 3. The lowest BCUT2D eigenvalue weighted by atomic mass is 10.1. The van der Waals surface area contributed by atoms with E-state index in [9.17, 15) is 9.59 Å². The van der Waals surface area contributed by atoms with E-state index in [1.165, 1.54) is 0 Å². The Morgan fingerprint density at radius 2 is 2.06 bits per heavy atom. The molecular formula is C12H19NO3S. The maximum absolute atomic E-state index is 12.3. The van der Waals surface area contributed by atoms with E-state index in [2.05, 4.69) is 6.26 Å². The zero-order valence-corrected chi connectivity index (χ0v) is 11.0. The Hall–Kier alpha value is -0.710. The van der Waals surface area contributed by atoms with Crippen LogP contribution in [0.5, 0.6) is 0 Å². The highest BCUT2D eigenvalue weighted by Gasteiger charge is 2.58. The molecule has 2 rings (SSSR count). The molecule has 1 aliphatic heterocycles. The summed E-state index contributed by atoms with van der Waals surface area (Å²) < 4.78 is 0. The van der Waals surface area contributed by atoms with Crippen LogP contribution in [-0.4, -0.2) is 46.5 Å². The molecule has 1 amide bonds.